The molecule has 0 aliphatic heterocycles. The molecule has 1 aromatic carbocycles. The first kappa shape index (κ1) is 18.2. The van der Waals surface area contributed by atoms with Crippen LogP contribution in [0.3, 0.4) is 0 Å². The fourth-order valence-electron chi connectivity index (χ4n) is 2.38. The van der Waals surface area contributed by atoms with E-state index in [1.54, 1.807) is 0 Å². The summed E-state index contributed by atoms with van der Waals surface area (Å²) in [5.74, 6) is -1.07. The zero-order chi connectivity index (χ0) is 19.4. The molecule has 0 N–H and O–H groups in total. The number of aromatic nitrogens is 3. The molecule has 0 amide bonds. The van der Waals surface area contributed by atoms with Gasteiger partial charge in [0.2, 0.25) is 0 Å². The van der Waals surface area contributed by atoms with E-state index in [9.17, 15) is 27.2 Å². The number of nitrogens with zero attached hydrogens (tertiary/aromatic N) is 3. The minimum Gasteiger partial charge on any atom is -0.453 e. The lowest BCUT2D eigenvalue weighted by Crippen LogP contribution is -2.41. The highest BCUT2D eigenvalue weighted by Gasteiger charge is 2.35. The zero-order valence-electron chi connectivity index (χ0n) is 13.0. The molecule has 12 heteroatoms. The van der Waals surface area contributed by atoms with Gasteiger partial charge in [0.25, 0.3) is 5.56 Å². The molecular weight excluding hydrogens is 430 g/mol. The minimum atomic E-state index is -4.93. The van der Waals surface area contributed by atoms with Gasteiger partial charge in [0, 0.05) is 13.1 Å². The third-order valence-electron chi connectivity index (χ3n) is 3.54. The molecule has 138 valence electrons. The highest BCUT2D eigenvalue weighted by Crippen LogP contribution is 2.33. The van der Waals surface area contributed by atoms with Crippen molar-refractivity contribution in [2.45, 2.75) is 6.18 Å². The second kappa shape index (κ2) is 5.97. The zero-order valence-corrected chi connectivity index (χ0v) is 14.6. The Morgan fingerprint density at radius 1 is 1.27 bits per heavy atom. The Morgan fingerprint density at radius 3 is 2.50 bits per heavy atom. The SMILES string of the molecule is COc1nc2c(-n3c(=O)cc(C(F)(F)F)n(C)c3=O)c(F)cc(Br)c2o1. The monoisotopic (exact) mass is 437 g/mol. The summed E-state index contributed by atoms with van der Waals surface area (Å²) < 4.78 is 63.9. The second-order valence-electron chi connectivity index (χ2n) is 5.09. The van der Waals surface area contributed by atoms with Crippen LogP contribution in [-0.4, -0.2) is 21.2 Å². The van der Waals surface area contributed by atoms with Crippen LogP contribution < -0.4 is 16.0 Å². The molecule has 0 aliphatic carbocycles. The van der Waals surface area contributed by atoms with Gasteiger partial charge in [-0.3, -0.25) is 9.36 Å². The summed E-state index contributed by atoms with van der Waals surface area (Å²) in [5.41, 5.74) is -5.19. The molecular formula is C14H8BrF4N3O4. The number of hydrogen-bond acceptors (Lipinski definition) is 5. The third kappa shape index (κ3) is 2.69. The van der Waals surface area contributed by atoms with Crippen molar-refractivity contribution in [3.63, 3.8) is 0 Å². The van der Waals surface area contributed by atoms with Crippen molar-refractivity contribution in [1.82, 2.24) is 14.1 Å². The summed E-state index contributed by atoms with van der Waals surface area (Å²) in [6.45, 7) is 0. The standard InChI is InChI=1S/C14H8BrF4N3O4/c1-21-7(14(17,18)19)4-8(23)22(13(21)24)10-6(16)3-5(15)11-9(10)20-12(25-2)26-11/h3-4H,1-2H3. The average molecular weight is 438 g/mol. The number of hydrogen-bond donors (Lipinski definition) is 0. The quantitative estimate of drug-likeness (QED) is 0.575. The highest BCUT2D eigenvalue weighted by atomic mass is 79.9. The summed E-state index contributed by atoms with van der Waals surface area (Å²) in [6.07, 6.45) is -5.22. The first-order chi connectivity index (χ1) is 12.1. The molecule has 0 bridgehead atoms. The number of rotatable bonds is 2. The van der Waals surface area contributed by atoms with Crippen LogP contribution in [0, 0.1) is 5.82 Å². The number of alkyl halides is 3. The molecule has 0 atom stereocenters. The number of oxazole rings is 1. The number of fused-ring (bicyclic) bond motifs is 1. The molecule has 2 heterocycles. The molecule has 0 saturated heterocycles. The van der Waals surface area contributed by atoms with Gasteiger partial charge >= 0.3 is 17.9 Å². The predicted octanol–water partition coefficient (Wildman–Crippen LogP) is 2.61. The van der Waals surface area contributed by atoms with Crippen molar-refractivity contribution in [3.05, 3.63) is 49.0 Å². The van der Waals surface area contributed by atoms with E-state index in [4.69, 9.17) is 9.15 Å². The first-order valence-electron chi connectivity index (χ1n) is 6.79. The van der Waals surface area contributed by atoms with Crippen molar-refractivity contribution in [3.8, 4) is 11.8 Å². The van der Waals surface area contributed by atoms with Gasteiger partial charge in [0.15, 0.2) is 11.4 Å². The van der Waals surface area contributed by atoms with Crippen molar-refractivity contribution in [2.75, 3.05) is 7.11 Å². The molecule has 3 rings (SSSR count). The number of ether oxygens (including phenoxy) is 1. The maximum atomic E-state index is 14.5. The molecule has 0 fully saturated rings. The van der Waals surface area contributed by atoms with Crippen LogP contribution in [-0.2, 0) is 13.2 Å². The second-order valence-corrected chi connectivity index (χ2v) is 5.95. The van der Waals surface area contributed by atoms with Gasteiger partial charge in [-0.25, -0.2) is 13.8 Å². The Balaban J connectivity index is 2.46. The molecule has 0 saturated carbocycles. The normalized spacial score (nSPS) is 12.0. The van der Waals surface area contributed by atoms with Gasteiger partial charge < -0.3 is 9.15 Å². The van der Waals surface area contributed by atoms with Crippen LogP contribution in [0.25, 0.3) is 16.8 Å². The highest BCUT2D eigenvalue weighted by molar-refractivity contribution is 9.10. The number of halogens is 5. The van der Waals surface area contributed by atoms with Crippen LogP contribution in [0.5, 0.6) is 6.08 Å². The summed E-state index contributed by atoms with van der Waals surface area (Å²) in [4.78, 5) is 28.4. The lowest BCUT2D eigenvalue weighted by Gasteiger charge is -2.14. The van der Waals surface area contributed by atoms with Gasteiger partial charge in [-0.05, 0) is 22.0 Å². The van der Waals surface area contributed by atoms with E-state index < -0.39 is 34.6 Å². The predicted molar refractivity (Wildman–Crippen MR) is 84.1 cm³/mol. The molecule has 0 spiro atoms. The van der Waals surface area contributed by atoms with Gasteiger partial charge in [0.1, 0.15) is 16.9 Å². The topological polar surface area (TPSA) is 79.3 Å². The fraction of sp³-hybridized carbons (Fsp3) is 0.214. The van der Waals surface area contributed by atoms with E-state index in [0.717, 1.165) is 13.1 Å². The summed E-state index contributed by atoms with van der Waals surface area (Å²) in [5, 5.41) is 0. The molecule has 3 aromatic rings. The molecule has 0 unspecified atom stereocenters. The molecule has 26 heavy (non-hydrogen) atoms. The molecule has 0 radical (unpaired) electrons. The molecule has 7 nitrogen and oxygen atoms in total. The summed E-state index contributed by atoms with van der Waals surface area (Å²) in [6, 6.07) is 1.10. The largest absolute Gasteiger partial charge is 0.453 e. The van der Waals surface area contributed by atoms with Crippen LogP contribution in [0.1, 0.15) is 5.69 Å². The average Bonchev–Trinajstić information content (AvgIpc) is 2.97. The van der Waals surface area contributed by atoms with E-state index >= 15 is 0 Å². The van der Waals surface area contributed by atoms with Gasteiger partial charge in [-0.1, -0.05) is 0 Å². The van der Waals surface area contributed by atoms with Crippen LogP contribution >= 0.6 is 15.9 Å². The smallest absolute Gasteiger partial charge is 0.431 e. The Kier molecular flexibility index (Phi) is 4.17. The Bertz CT molecular complexity index is 1150. The maximum Gasteiger partial charge on any atom is 0.431 e. The van der Waals surface area contributed by atoms with Crippen molar-refractivity contribution in [1.29, 1.82) is 0 Å². The maximum absolute atomic E-state index is 14.5. The lowest BCUT2D eigenvalue weighted by molar-refractivity contribution is -0.144. The van der Waals surface area contributed by atoms with Gasteiger partial charge in [-0.2, -0.15) is 18.2 Å². The van der Waals surface area contributed by atoms with E-state index in [1.165, 1.54) is 7.11 Å². The third-order valence-corrected chi connectivity index (χ3v) is 4.13. The van der Waals surface area contributed by atoms with Crippen LogP contribution in [0.15, 0.2) is 30.6 Å². The van der Waals surface area contributed by atoms with E-state index in [1.807, 2.05) is 0 Å². The Labute approximate surface area is 149 Å². The Morgan fingerprint density at radius 2 is 1.92 bits per heavy atom. The first-order valence-corrected chi connectivity index (χ1v) is 7.58. The van der Waals surface area contributed by atoms with Gasteiger partial charge in [0.05, 0.1) is 11.6 Å². The lowest BCUT2D eigenvalue weighted by atomic mass is 10.2. The molecule has 2 aromatic heterocycles. The van der Waals surface area contributed by atoms with Crippen LogP contribution in [0.4, 0.5) is 17.6 Å². The van der Waals surface area contributed by atoms with Crippen LogP contribution in [0.2, 0.25) is 0 Å². The minimum absolute atomic E-state index is 0.0490. The van der Waals surface area contributed by atoms with E-state index in [0.29, 0.717) is 0 Å². The number of benzene rings is 1. The van der Waals surface area contributed by atoms with Crippen molar-refractivity contribution >= 4 is 27.0 Å². The fourth-order valence-corrected chi connectivity index (χ4v) is 2.85. The summed E-state index contributed by atoms with van der Waals surface area (Å²) >= 11 is 3.04. The van der Waals surface area contributed by atoms with E-state index in [2.05, 4.69) is 20.9 Å². The van der Waals surface area contributed by atoms with Crippen molar-refractivity contribution < 1.29 is 26.7 Å². The molecule has 0 aliphatic rings. The van der Waals surface area contributed by atoms with Crippen molar-refractivity contribution in [2.24, 2.45) is 7.05 Å². The number of methoxy groups -OCH3 is 1. The summed E-state index contributed by atoms with van der Waals surface area (Å²) in [7, 11) is 2.04. The Hall–Kier alpha value is -2.63. The van der Waals surface area contributed by atoms with E-state index in [-0.39, 0.29) is 36.8 Å². The van der Waals surface area contributed by atoms with Gasteiger partial charge in [-0.15, -0.1) is 0 Å².